The molecule has 3 heterocycles. The van der Waals surface area contributed by atoms with Crippen LogP contribution in [0.3, 0.4) is 0 Å². The molecular formula is C16H15Cl2N5. The maximum absolute atomic E-state index is 6.42. The molecule has 0 radical (unpaired) electrons. The largest absolute Gasteiger partial charge is 0.354 e. The average molecular weight is 348 g/mol. The van der Waals surface area contributed by atoms with Crippen molar-refractivity contribution in [2.24, 2.45) is 0 Å². The summed E-state index contributed by atoms with van der Waals surface area (Å²) in [6, 6.07) is 5.84. The van der Waals surface area contributed by atoms with Crippen LogP contribution in [0, 0.1) is 0 Å². The quantitative estimate of drug-likeness (QED) is 0.773. The standard InChI is InChI=1S/C16H15Cl2N5/c17-12-2-1-11-13(23-8-5-20-10-23)9-14(21-16(11)15(12)18)22-6-3-19-4-7-22/h1-2,5,8-10,19H,3-4,6-7H2. The lowest BCUT2D eigenvalue weighted by molar-refractivity contribution is 0.585. The van der Waals surface area contributed by atoms with Crippen LogP contribution in [-0.2, 0) is 0 Å². The highest BCUT2D eigenvalue weighted by atomic mass is 35.5. The third-order valence-corrected chi connectivity index (χ3v) is 4.86. The van der Waals surface area contributed by atoms with Gasteiger partial charge in [0.1, 0.15) is 5.82 Å². The van der Waals surface area contributed by atoms with Gasteiger partial charge in [-0.15, -0.1) is 0 Å². The molecule has 1 aromatic carbocycles. The molecule has 4 rings (SSSR count). The van der Waals surface area contributed by atoms with E-state index in [9.17, 15) is 0 Å². The molecule has 7 heteroatoms. The molecule has 23 heavy (non-hydrogen) atoms. The number of nitrogens with zero attached hydrogens (tertiary/aromatic N) is 4. The van der Waals surface area contributed by atoms with E-state index in [0.717, 1.165) is 48.6 Å². The number of hydrogen-bond acceptors (Lipinski definition) is 4. The van der Waals surface area contributed by atoms with Crippen LogP contribution in [0.2, 0.25) is 10.0 Å². The van der Waals surface area contributed by atoms with Crippen molar-refractivity contribution >= 4 is 39.9 Å². The van der Waals surface area contributed by atoms with Gasteiger partial charge in [-0.3, -0.25) is 0 Å². The summed E-state index contributed by atoms with van der Waals surface area (Å²) in [5, 5.41) is 5.31. The van der Waals surface area contributed by atoms with Gasteiger partial charge in [0.15, 0.2) is 0 Å². The number of pyridine rings is 1. The predicted octanol–water partition coefficient (Wildman–Crippen LogP) is 3.14. The Morgan fingerprint density at radius 2 is 1.96 bits per heavy atom. The zero-order valence-electron chi connectivity index (χ0n) is 12.3. The molecule has 1 saturated heterocycles. The highest BCUT2D eigenvalue weighted by molar-refractivity contribution is 6.45. The minimum absolute atomic E-state index is 0.488. The molecule has 0 aliphatic carbocycles. The average Bonchev–Trinajstić information content (AvgIpc) is 3.13. The molecule has 0 saturated carbocycles. The van der Waals surface area contributed by atoms with Crippen molar-refractivity contribution in [2.45, 2.75) is 0 Å². The molecule has 0 amide bonds. The Hall–Kier alpha value is -1.82. The molecule has 1 aliphatic rings. The Balaban J connectivity index is 1.96. The SMILES string of the molecule is Clc1ccc2c(-n3ccnc3)cc(N3CCNCC3)nc2c1Cl. The first-order chi connectivity index (χ1) is 11.2. The molecule has 0 bridgehead atoms. The van der Waals surface area contributed by atoms with Crippen LogP contribution in [0.1, 0.15) is 0 Å². The Kier molecular flexibility index (Phi) is 3.85. The van der Waals surface area contributed by atoms with E-state index >= 15 is 0 Å². The maximum atomic E-state index is 6.42. The Morgan fingerprint density at radius 1 is 1.13 bits per heavy atom. The number of anilines is 1. The first kappa shape index (κ1) is 14.8. The summed E-state index contributed by atoms with van der Waals surface area (Å²) < 4.78 is 1.97. The lowest BCUT2D eigenvalue weighted by Gasteiger charge is -2.29. The molecule has 1 aliphatic heterocycles. The van der Waals surface area contributed by atoms with Crippen LogP contribution in [0.4, 0.5) is 5.82 Å². The summed E-state index contributed by atoms with van der Waals surface area (Å²) >= 11 is 12.6. The Morgan fingerprint density at radius 3 is 2.70 bits per heavy atom. The summed E-state index contributed by atoms with van der Waals surface area (Å²) in [5.74, 6) is 0.909. The zero-order chi connectivity index (χ0) is 15.8. The van der Waals surface area contributed by atoms with E-state index in [1.54, 1.807) is 18.6 Å². The number of rotatable bonds is 2. The van der Waals surface area contributed by atoms with Gasteiger partial charge in [-0.05, 0) is 12.1 Å². The minimum atomic E-state index is 0.488. The van der Waals surface area contributed by atoms with E-state index in [1.807, 2.05) is 16.8 Å². The van der Waals surface area contributed by atoms with Crippen LogP contribution < -0.4 is 10.2 Å². The van der Waals surface area contributed by atoms with Crippen molar-refractivity contribution < 1.29 is 0 Å². The summed E-state index contributed by atoms with van der Waals surface area (Å²) in [7, 11) is 0. The first-order valence-electron chi connectivity index (χ1n) is 7.47. The molecular weight excluding hydrogens is 333 g/mol. The van der Waals surface area contributed by atoms with Crippen molar-refractivity contribution in [3.8, 4) is 5.69 Å². The summed E-state index contributed by atoms with van der Waals surface area (Å²) in [6.07, 6.45) is 5.45. The second-order valence-electron chi connectivity index (χ2n) is 5.46. The number of aromatic nitrogens is 3. The topological polar surface area (TPSA) is 46.0 Å². The maximum Gasteiger partial charge on any atom is 0.131 e. The minimum Gasteiger partial charge on any atom is -0.354 e. The number of imidazole rings is 1. The van der Waals surface area contributed by atoms with Crippen LogP contribution >= 0.6 is 23.2 Å². The Bertz CT molecular complexity index is 841. The number of fused-ring (bicyclic) bond motifs is 1. The lowest BCUT2D eigenvalue weighted by Crippen LogP contribution is -2.43. The molecule has 0 unspecified atom stereocenters. The fraction of sp³-hybridized carbons (Fsp3) is 0.250. The highest BCUT2D eigenvalue weighted by Crippen LogP contribution is 2.34. The highest BCUT2D eigenvalue weighted by Gasteiger charge is 2.17. The van der Waals surface area contributed by atoms with Crippen molar-refractivity contribution in [3.63, 3.8) is 0 Å². The molecule has 0 atom stereocenters. The van der Waals surface area contributed by atoms with Crippen LogP contribution in [0.5, 0.6) is 0 Å². The van der Waals surface area contributed by atoms with Gasteiger partial charge < -0.3 is 14.8 Å². The fourth-order valence-corrected chi connectivity index (χ4v) is 3.23. The van der Waals surface area contributed by atoms with Gasteiger partial charge in [0.25, 0.3) is 0 Å². The molecule has 1 fully saturated rings. The first-order valence-corrected chi connectivity index (χ1v) is 8.22. The van der Waals surface area contributed by atoms with Crippen LogP contribution in [0.15, 0.2) is 36.9 Å². The Labute approximate surface area is 143 Å². The van der Waals surface area contributed by atoms with Gasteiger partial charge >= 0.3 is 0 Å². The number of benzene rings is 1. The normalized spacial score (nSPS) is 15.3. The number of piperazine rings is 1. The fourth-order valence-electron chi connectivity index (χ4n) is 2.87. The molecule has 0 spiro atoms. The summed E-state index contributed by atoms with van der Waals surface area (Å²) in [6.45, 7) is 3.73. The molecule has 5 nitrogen and oxygen atoms in total. The van der Waals surface area contributed by atoms with Gasteiger partial charge in [-0.1, -0.05) is 23.2 Å². The van der Waals surface area contributed by atoms with E-state index in [1.165, 1.54) is 0 Å². The predicted molar refractivity (Wildman–Crippen MR) is 94.0 cm³/mol. The summed E-state index contributed by atoms with van der Waals surface area (Å²) in [4.78, 5) is 11.2. The van der Waals surface area contributed by atoms with Crippen molar-refractivity contribution in [1.82, 2.24) is 19.9 Å². The molecule has 118 valence electrons. The number of halogens is 2. The van der Waals surface area contributed by atoms with Gasteiger partial charge in [0.05, 0.1) is 27.6 Å². The second-order valence-corrected chi connectivity index (χ2v) is 6.25. The van der Waals surface area contributed by atoms with Gasteiger partial charge in [-0.2, -0.15) is 0 Å². The van der Waals surface area contributed by atoms with Crippen molar-refractivity contribution in [1.29, 1.82) is 0 Å². The van der Waals surface area contributed by atoms with Crippen LogP contribution in [0.25, 0.3) is 16.6 Å². The van der Waals surface area contributed by atoms with E-state index in [0.29, 0.717) is 10.0 Å². The van der Waals surface area contributed by atoms with Gasteiger partial charge in [0, 0.05) is 50.0 Å². The van der Waals surface area contributed by atoms with Crippen molar-refractivity contribution in [2.75, 3.05) is 31.1 Å². The number of nitrogens with one attached hydrogen (secondary N) is 1. The van der Waals surface area contributed by atoms with E-state index in [4.69, 9.17) is 28.2 Å². The summed E-state index contributed by atoms with van der Waals surface area (Å²) in [5.41, 5.74) is 1.72. The third kappa shape index (κ3) is 2.65. The molecule has 3 aromatic rings. The van der Waals surface area contributed by atoms with Crippen LogP contribution in [-0.4, -0.2) is 40.7 Å². The smallest absolute Gasteiger partial charge is 0.131 e. The van der Waals surface area contributed by atoms with Gasteiger partial charge in [-0.25, -0.2) is 9.97 Å². The van der Waals surface area contributed by atoms with Gasteiger partial charge in [0.2, 0.25) is 0 Å². The van der Waals surface area contributed by atoms with E-state index in [-0.39, 0.29) is 0 Å². The molecule has 2 aromatic heterocycles. The third-order valence-electron chi connectivity index (χ3n) is 4.06. The molecule has 1 N–H and O–H groups in total. The van der Waals surface area contributed by atoms with E-state index in [2.05, 4.69) is 21.3 Å². The lowest BCUT2D eigenvalue weighted by atomic mass is 10.1. The van der Waals surface area contributed by atoms with Crippen molar-refractivity contribution in [3.05, 3.63) is 47.0 Å². The van der Waals surface area contributed by atoms with E-state index < -0.39 is 0 Å². The zero-order valence-corrected chi connectivity index (χ0v) is 13.8. The monoisotopic (exact) mass is 347 g/mol. The second kappa shape index (κ2) is 6.00. The number of hydrogen-bond donors (Lipinski definition) is 1.